The Morgan fingerprint density at radius 1 is 1.50 bits per heavy atom. The Morgan fingerprint density at radius 3 is 2.89 bits per heavy atom. The van der Waals surface area contributed by atoms with Gasteiger partial charge >= 0.3 is 0 Å². The largest absolute Gasteiger partial charge is 0.397 e. The van der Waals surface area contributed by atoms with E-state index in [0.717, 1.165) is 15.6 Å². The van der Waals surface area contributed by atoms with Crippen LogP contribution in [0.3, 0.4) is 0 Å². The zero-order valence-electron chi connectivity index (χ0n) is 9.87. The standard InChI is InChI=1S/C13H13BrN2OS/c1-8-4-10(14)13(11(15)5-8)16-12(17)6-9-2-3-18-7-9/h2-5,7H,6,15H2,1H3,(H,16,17). The molecule has 0 aliphatic carbocycles. The number of nitrogens with one attached hydrogen (secondary N) is 1. The number of hydrogen-bond acceptors (Lipinski definition) is 3. The fourth-order valence-electron chi connectivity index (χ4n) is 1.66. The molecule has 0 aliphatic rings. The zero-order valence-corrected chi connectivity index (χ0v) is 12.3. The summed E-state index contributed by atoms with van der Waals surface area (Å²) in [6.45, 7) is 1.96. The van der Waals surface area contributed by atoms with E-state index in [9.17, 15) is 4.79 Å². The maximum Gasteiger partial charge on any atom is 0.228 e. The van der Waals surface area contributed by atoms with Crippen LogP contribution in [0, 0.1) is 6.92 Å². The van der Waals surface area contributed by atoms with Crippen molar-refractivity contribution in [2.75, 3.05) is 11.1 Å². The highest BCUT2D eigenvalue weighted by atomic mass is 79.9. The third-order valence-electron chi connectivity index (χ3n) is 2.47. The molecule has 0 radical (unpaired) electrons. The van der Waals surface area contributed by atoms with Crippen LogP contribution in [0.25, 0.3) is 0 Å². The van der Waals surface area contributed by atoms with Crippen molar-refractivity contribution in [3.63, 3.8) is 0 Å². The summed E-state index contributed by atoms with van der Waals surface area (Å²) in [5.74, 6) is -0.0651. The number of hydrogen-bond donors (Lipinski definition) is 2. The van der Waals surface area contributed by atoms with Gasteiger partial charge in [-0.25, -0.2) is 0 Å². The molecule has 0 spiro atoms. The van der Waals surface area contributed by atoms with Crippen LogP contribution in [0.5, 0.6) is 0 Å². The van der Waals surface area contributed by atoms with E-state index < -0.39 is 0 Å². The number of carbonyl (C=O) groups excluding carboxylic acids is 1. The lowest BCUT2D eigenvalue weighted by atomic mass is 10.2. The summed E-state index contributed by atoms with van der Waals surface area (Å²) in [5, 5.41) is 6.76. The Bertz CT molecular complexity index is 543. The second-order valence-corrected chi connectivity index (χ2v) is 5.70. The average molecular weight is 325 g/mol. The predicted octanol–water partition coefficient (Wildman–Crippen LogP) is 3.58. The second kappa shape index (κ2) is 5.54. The Labute approximate surface area is 118 Å². The molecule has 0 saturated carbocycles. The number of aryl methyl sites for hydroxylation is 1. The SMILES string of the molecule is Cc1cc(N)c(NC(=O)Cc2ccsc2)c(Br)c1. The highest BCUT2D eigenvalue weighted by Gasteiger charge is 2.10. The van der Waals surface area contributed by atoms with Gasteiger partial charge in [0.1, 0.15) is 0 Å². The van der Waals surface area contributed by atoms with Crippen molar-refractivity contribution in [3.05, 3.63) is 44.6 Å². The first-order valence-corrected chi connectivity index (χ1v) is 7.16. The Morgan fingerprint density at radius 2 is 2.28 bits per heavy atom. The van der Waals surface area contributed by atoms with Gasteiger partial charge in [-0.05, 0) is 62.9 Å². The van der Waals surface area contributed by atoms with Crippen LogP contribution in [-0.2, 0) is 11.2 Å². The van der Waals surface area contributed by atoms with Gasteiger partial charge in [-0.3, -0.25) is 4.79 Å². The summed E-state index contributed by atoms with van der Waals surface area (Å²) in [6, 6.07) is 5.71. The van der Waals surface area contributed by atoms with E-state index in [2.05, 4.69) is 21.2 Å². The van der Waals surface area contributed by atoms with Gasteiger partial charge in [0.05, 0.1) is 17.8 Å². The molecule has 3 nitrogen and oxygen atoms in total. The molecule has 0 fully saturated rings. The normalized spacial score (nSPS) is 10.3. The van der Waals surface area contributed by atoms with Crippen molar-refractivity contribution >= 4 is 44.5 Å². The molecule has 0 unspecified atom stereocenters. The summed E-state index contributed by atoms with van der Waals surface area (Å²) in [6.07, 6.45) is 0.364. The van der Waals surface area contributed by atoms with Crippen molar-refractivity contribution in [2.45, 2.75) is 13.3 Å². The second-order valence-electron chi connectivity index (χ2n) is 4.07. The monoisotopic (exact) mass is 324 g/mol. The number of rotatable bonds is 3. The minimum atomic E-state index is -0.0651. The molecule has 5 heteroatoms. The molecular formula is C13H13BrN2OS. The molecule has 2 aromatic rings. The van der Waals surface area contributed by atoms with Gasteiger partial charge in [-0.15, -0.1) is 0 Å². The van der Waals surface area contributed by atoms with Crippen molar-refractivity contribution in [1.29, 1.82) is 0 Å². The first kappa shape index (κ1) is 13.1. The van der Waals surface area contributed by atoms with E-state index in [-0.39, 0.29) is 5.91 Å². The molecule has 2 rings (SSSR count). The van der Waals surface area contributed by atoms with Gasteiger partial charge in [0.2, 0.25) is 5.91 Å². The lowest BCUT2D eigenvalue weighted by molar-refractivity contribution is -0.115. The molecule has 0 atom stereocenters. The summed E-state index contributed by atoms with van der Waals surface area (Å²) in [7, 11) is 0. The Kier molecular flexibility index (Phi) is 4.04. The summed E-state index contributed by atoms with van der Waals surface area (Å²) < 4.78 is 0.804. The molecule has 3 N–H and O–H groups in total. The average Bonchev–Trinajstić information content (AvgIpc) is 2.76. The minimum Gasteiger partial charge on any atom is -0.397 e. The molecule has 1 heterocycles. The lowest BCUT2D eigenvalue weighted by Crippen LogP contribution is -2.15. The Balaban J connectivity index is 2.12. The Hall–Kier alpha value is -1.33. The number of carbonyl (C=O) groups is 1. The lowest BCUT2D eigenvalue weighted by Gasteiger charge is -2.11. The topological polar surface area (TPSA) is 55.1 Å². The quantitative estimate of drug-likeness (QED) is 0.848. The maximum absolute atomic E-state index is 11.9. The van der Waals surface area contributed by atoms with Gasteiger partial charge in [0, 0.05) is 4.47 Å². The first-order chi connectivity index (χ1) is 8.56. The fraction of sp³-hybridized carbons (Fsp3) is 0.154. The molecule has 18 heavy (non-hydrogen) atoms. The molecule has 1 amide bonds. The van der Waals surface area contributed by atoms with Crippen LogP contribution in [0.4, 0.5) is 11.4 Å². The third-order valence-corrected chi connectivity index (χ3v) is 3.83. The molecule has 0 bridgehead atoms. The molecule has 1 aromatic heterocycles. The summed E-state index contributed by atoms with van der Waals surface area (Å²) in [5.41, 5.74) is 9.18. The third kappa shape index (κ3) is 3.11. The predicted molar refractivity (Wildman–Crippen MR) is 79.9 cm³/mol. The number of thiophene rings is 1. The summed E-state index contributed by atoms with van der Waals surface area (Å²) in [4.78, 5) is 11.9. The van der Waals surface area contributed by atoms with Crippen LogP contribution in [0.1, 0.15) is 11.1 Å². The smallest absolute Gasteiger partial charge is 0.228 e. The highest BCUT2D eigenvalue weighted by molar-refractivity contribution is 9.10. The van der Waals surface area contributed by atoms with Gasteiger partial charge in [0.25, 0.3) is 0 Å². The molecular weight excluding hydrogens is 312 g/mol. The van der Waals surface area contributed by atoms with Crippen molar-refractivity contribution in [1.82, 2.24) is 0 Å². The van der Waals surface area contributed by atoms with E-state index in [0.29, 0.717) is 17.8 Å². The minimum absolute atomic E-state index is 0.0651. The number of benzene rings is 1. The molecule has 0 aliphatic heterocycles. The van der Waals surface area contributed by atoms with Gasteiger partial charge < -0.3 is 11.1 Å². The highest BCUT2D eigenvalue weighted by Crippen LogP contribution is 2.30. The van der Waals surface area contributed by atoms with E-state index in [4.69, 9.17) is 5.73 Å². The van der Waals surface area contributed by atoms with Crippen LogP contribution >= 0.6 is 27.3 Å². The zero-order chi connectivity index (χ0) is 13.1. The number of amides is 1. The number of halogens is 1. The van der Waals surface area contributed by atoms with Gasteiger partial charge in [-0.1, -0.05) is 0 Å². The van der Waals surface area contributed by atoms with Crippen molar-refractivity contribution < 1.29 is 4.79 Å². The molecule has 1 aromatic carbocycles. The van der Waals surface area contributed by atoms with Crippen molar-refractivity contribution in [3.8, 4) is 0 Å². The number of nitrogens with two attached hydrogens (primary N) is 1. The van der Waals surface area contributed by atoms with Gasteiger partial charge in [0.15, 0.2) is 0 Å². The van der Waals surface area contributed by atoms with E-state index in [1.165, 1.54) is 0 Å². The van der Waals surface area contributed by atoms with Crippen molar-refractivity contribution in [2.24, 2.45) is 0 Å². The van der Waals surface area contributed by atoms with Crippen LogP contribution in [0.15, 0.2) is 33.4 Å². The van der Waals surface area contributed by atoms with Crippen LogP contribution < -0.4 is 11.1 Å². The summed E-state index contributed by atoms with van der Waals surface area (Å²) >= 11 is 4.99. The van der Waals surface area contributed by atoms with Gasteiger partial charge in [-0.2, -0.15) is 11.3 Å². The first-order valence-electron chi connectivity index (χ1n) is 5.43. The van der Waals surface area contributed by atoms with E-state index >= 15 is 0 Å². The molecule has 0 saturated heterocycles. The number of nitrogen functional groups attached to an aromatic ring is 1. The molecule has 94 valence electrons. The fourth-order valence-corrected chi connectivity index (χ4v) is 3.02. The van der Waals surface area contributed by atoms with E-state index in [1.807, 2.05) is 35.9 Å². The van der Waals surface area contributed by atoms with Crippen LogP contribution in [-0.4, -0.2) is 5.91 Å². The van der Waals surface area contributed by atoms with E-state index in [1.54, 1.807) is 11.3 Å². The van der Waals surface area contributed by atoms with Crippen LogP contribution in [0.2, 0.25) is 0 Å². The number of anilines is 2. The maximum atomic E-state index is 11.9.